The maximum atomic E-state index is 11.8. The Kier molecular flexibility index (Phi) is 5.74. The molecule has 0 spiro atoms. The van der Waals surface area contributed by atoms with Crippen LogP contribution in [0.4, 0.5) is 11.4 Å². The smallest absolute Gasteiger partial charge is 0.229 e. The number of benzene rings is 1. The van der Waals surface area contributed by atoms with Crippen molar-refractivity contribution in [1.29, 1.82) is 0 Å². The maximum Gasteiger partial charge on any atom is 0.229 e. The second kappa shape index (κ2) is 6.91. The normalized spacial score (nSPS) is 13.0. The molecular weight excluding hydrogens is 290 g/mol. The molecule has 6 nitrogen and oxygen atoms in total. The minimum absolute atomic E-state index is 0.153. The molecule has 0 saturated heterocycles. The molecule has 21 heavy (non-hydrogen) atoms. The van der Waals surface area contributed by atoms with Crippen LogP contribution in [0.3, 0.4) is 0 Å². The number of rotatable bonds is 6. The Hall–Kier alpha value is -1.60. The molecule has 0 aliphatic rings. The third-order valence-corrected chi connectivity index (χ3v) is 3.67. The quantitative estimate of drug-likeness (QED) is 0.743. The third kappa shape index (κ3) is 6.14. The van der Waals surface area contributed by atoms with Crippen LogP contribution >= 0.6 is 0 Å². The molecule has 1 aromatic carbocycles. The zero-order valence-corrected chi connectivity index (χ0v) is 13.6. The molecule has 118 valence electrons. The van der Waals surface area contributed by atoms with Gasteiger partial charge in [-0.25, -0.2) is 8.42 Å². The van der Waals surface area contributed by atoms with Crippen LogP contribution in [0.5, 0.6) is 0 Å². The number of nitrogens with one attached hydrogen (secondary N) is 2. The number of aryl methyl sites for hydroxylation is 1. The van der Waals surface area contributed by atoms with Crippen LogP contribution in [0.1, 0.15) is 25.8 Å². The number of sulfonamides is 1. The predicted octanol–water partition coefficient (Wildman–Crippen LogP) is 1.68. The van der Waals surface area contributed by atoms with E-state index in [-0.39, 0.29) is 24.3 Å². The van der Waals surface area contributed by atoms with Gasteiger partial charge in [-0.2, -0.15) is 0 Å². The third-order valence-electron chi connectivity index (χ3n) is 3.08. The molecule has 1 unspecified atom stereocenters. The first kappa shape index (κ1) is 17.5. The zero-order valence-electron chi connectivity index (χ0n) is 12.8. The van der Waals surface area contributed by atoms with Gasteiger partial charge in [0.2, 0.25) is 15.9 Å². The molecule has 1 rings (SSSR count). The van der Waals surface area contributed by atoms with E-state index in [1.54, 1.807) is 25.1 Å². The molecule has 0 aliphatic heterocycles. The van der Waals surface area contributed by atoms with Gasteiger partial charge >= 0.3 is 0 Å². The van der Waals surface area contributed by atoms with Crippen molar-refractivity contribution in [3.8, 4) is 0 Å². The van der Waals surface area contributed by atoms with Gasteiger partial charge in [0.1, 0.15) is 0 Å². The van der Waals surface area contributed by atoms with Gasteiger partial charge in [0, 0.05) is 18.2 Å². The van der Waals surface area contributed by atoms with Gasteiger partial charge in [0.15, 0.2) is 0 Å². The highest BCUT2D eigenvalue weighted by Crippen LogP contribution is 2.20. The standard InChI is InChI=1S/C14H23N3O3S/c1-9(2)12(15)8-14(18)16-11-5-6-13(10(3)7-11)17-21(4,19)20/h5-7,9,12,17H,8,15H2,1-4H3,(H,16,18). The van der Waals surface area contributed by atoms with E-state index in [1.165, 1.54) is 0 Å². The Morgan fingerprint density at radius 2 is 1.95 bits per heavy atom. The molecule has 1 amide bonds. The topological polar surface area (TPSA) is 101 Å². The molecule has 0 radical (unpaired) electrons. The van der Waals surface area contributed by atoms with Crippen LogP contribution in [0.2, 0.25) is 0 Å². The number of hydrogen-bond acceptors (Lipinski definition) is 4. The molecule has 7 heteroatoms. The Morgan fingerprint density at radius 1 is 1.33 bits per heavy atom. The summed E-state index contributed by atoms with van der Waals surface area (Å²) < 4.78 is 24.8. The zero-order chi connectivity index (χ0) is 16.2. The summed E-state index contributed by atoms with van der Waals surface area (Å²) in [5, 5.41) is 2.76. The lowest BCUT2D eigenvalue weighted by Crippen LogP contribution is -2.31. The first-order chi connectivity index (χ1) is 9.58. The van der Waals surface area contributed by atoms with E-state index in [2.05, 4.69) is 10.0 Å². The van der Waals surface area contributed by atoms with Crippen molar-refractivity contribution >= 4 is 27.3 Å². The minimum Gasteiger partial charge on any atom is -0.327 e. The van der Waals surface area contributed by atoms with Gasteiger partial charge < -0.3 is 11.1 Å². The largest absolute Gasteiger partial charge is 0.327 e. The van der Waals surface area contributed by atoms with Gasteiger partial charge in [0.05, 0.1) is 11.9 Å². The van der Waals surface area contributed by atoms with Crippen molar-refractivity contribution in [3.63, 3.8) is 0 Å². The average Bonchev–Trinajstić information content (AvgIpc) is 2.30. The van der Waals surface area contributed by atoms with Gasteiger partial charge in [-0.05, 0) is 36.6 Å². The Balaban J connectivity index is 2.74. The molecule has 0 heterocycles. The summed E-state index contributed by atoms with van der Waals surface area (Å²) in [6.07, 6.45) is 1.34. The van der Waals surface area contributed by atoms with Gasteiger partial charge in [0.25, 0.3) is 0 Å². The lowest BCUT2D eigenvalue weighted by Gasteiger charge is -2.15. The summed E-state index contributed by atoms with van der Waals surface area (Å²) in [6.45, 7) is 5.70. The molecule has 4 N–H and O–H groups in total. The molecule has 0 aromatic heterocycles. The summed E-state index contributed by atoms with van der Waals surface area (Å²) >= 11 is 0. The van der Waals surface area contributed by atoms with Crippen molar-refractivity contribution in [3.05, 3.63) is 23.8 Å². The molecule has 0 aliphatic carbocycles. The number of anilines is 2. The van der Waals surface area contributed by atoms with Crippen LogP contribution in [-0.4, -0.2) is 26.6 Å². The highest BCUT2D eigenvalue weighted by atomic mass is 32.2. The Morgan fingerprint density at radius 3 is 2.43 bits per heavy atom. The molecule has 0 bridgehead atoms. The number of carbonyl (C=O) groups excluding carboxylic acids is 1. The fourth-order valence-electron chi connectivity index (χ4n) is 1.72. The van der Waals surface area contributed by atoms with E-state index in [1.807, 2.05) is 13.8 Å². The molecule has 0 fully saturated rings. The van der Waals surface area contributed by atoms with Crippen LogP contribution in [-0.2, 0) is 14.8 Å². The van der Waals surface area contributed by atoms with Crippen molar-refractivity contribution in [2.24, 2.45) is 11.7 Å². The van der Waals surface area contributed by atoms with Crippen molar-refractivity contribution in [2.75, 3.05) is 16.3 Å². The average molecular weight is 313 g/mol. The number of amides is 1. The summed E-state index contributed by atoms with van der Waals surface area (Å²) in [5.41, 5.74) is 7.70. The fraction of sp³-hybridized carbons (Fsp3) is 0.500. The van der Waals surface area contributed by atoms with E-state index in [4.69, 9.17) is 5.73 Å². The van der Waals surface area contributed by atoms with Gasteiger partial charge in [-0.15, -0.1) is 0 Å². The Bertz CT molecular complexity index is 612. The van der Waals surface area contributed by atoms with Gasteiger partial charge in [-0.1, -0.05) is 13.8 Å². The van der Waals surface area contributed by atoms with Crippen molar-refractivity contribution < 1.29 is 13.2 Å². The van der Waals surface area contributed by atoms with E-state index >= 15 is 0 Å². The number of nitrogens with two attached hydrogens (primary N) is 1. The summed E-state index contributed by atoms with van der Waals surface area (Å²) in [6, 6.07) is 4.80. The number of carbonyl (C=O) groups is 1. The first-order valence-electron chi connectivity index (χ1n) is 6.72. The monoisotopic (exact) mass is 313 g/mol. The molecule has 0 saturated carbocycles. The van der Waals surface area contributed by atoms with E-state index < -0.39 is 10.0 Å². The molecule has 1 aromatic rings. The summed E-state index contributed by atoms with van der Waals surface area (Å²) in [4.78, 5) is 11.8. The minimum atomic E-state index is -3.31. The van der Waals surface area contributed by atoms with Crippen molar-refractivity contribution in [1.82, 2.24) is 0 Å². The van der Waals surface area contributed by atoms with E-state index in [0.717, 1.165) is 11.8 Å². The summed E-state index contributed by atoms with van der Waals surface area (Å²) in [5.74, 6) is 0.0817. The van der Waals surface area contributed by atoms with E-state index in [0.29, 0.717) is 11.4 Å². The van der Waals surface area contributed by atoms with Crippen LogP contribution < -0.4 is 15.8 Å². The second-order valence-corrected chi connectivity index (χ2v) is 7.31. The fourth-order valence-corrected chi connectivity index (χ4v) is 2.35. The van der Waals surface area contributed by atoms with E-state index in [9.17, 15) is 13.2 Å². The number of hydrogen-bond donors (Lipinski definition) is 3. The molecule has 1 atom stereocenters. The molecular formula is C14H23N3O3S. The van der Waals surface area contributed by atoms with Gasteiger partial charge in [-0.3, -0.25) is 9.52 Å². The van der Waals surface area contributed by atoms with Crippen molar-refractivity contribution in [2.45, 2.75) is 33.2 Å². The SMILES string of the molecule is Cc1cc(NC(=O)CC(N)C(C)C)ccc1NS(C)(=O)=O. The summed E-state index contributed by atoms with van der Waals surface area (Å²) in [7, 11) is -3.31. The van der Waals surface area contributed by atoms with Crippen LogP contribution in [0.25, 0.3) is 0 Å². The second-order valence-electron chi connectivity index (χ2n) is 5.56. The van der Waals surface area contributed by atoms with Crippen LogP contribution in [0.15, 0.2) is 18.2 Å². The maximum absolute atomic E-state index is 11.8. The highest BCUT2D eigenvalue weighted by Gasteiger charge is 2.13. The lowest BCUT2D eigenvalue weighted by molar-refractivity contribution is -0.116. The lowest BCUT2D eigenvalue weighted by atomic mass is 10.0. The Labute approximate surface area is 126 Å². The van der Waals surface area contributed by atoms with Crippen LogP contribution in [0, 0.1) is 12.8 Å². The highest BCUT2D eigenvalue weighted by molar-refractivity contribution is 7.92. The first-order valence-corrected chi connectivity index (χ1v) is 8.61. The predicted molar refractivity (Wildman–Crippen MR) is 85.7 cm³/mol.